The molecule has 232 valence electrons. The second-order valence-electron chi connectivity index (χ2n) is 11.9. The number of fused-ring (bicyclic) bond motifs is 1. The Morgan fingerprint density at radius 1 is 0.857 bits per heavy atom. The van der Waals surface area contributed by atoms with Gasteiger partial charge in [0, 0.05) is 19.6 Å². The van der Waals surface area contributed by atoms with Crippen LogP contribution in [0.3, 0.4) is 0 Å². The first-order valence-corrected chi connectivity index (χ1v) is 14.8. The number of likely N-dealkylation sites (N-methyl/N-ethyl adjacent to an activating group) is 1. The predicted molar refractivity (Wildman–Crippen MR) is 158 cm³/mol. The van der Waals surface area contributed by atoms with E-state index in [1.54, 1.807) is 49.9 Å². The normalized spacial score (nSPS) is 25.8. The van der Waals surface area contributed by atoms with E-state index in [0.717, 1.165) is 13.0 Å². The number of para-hydroxylation sites is 1. The van der Waals surface area contributed by atoms with Crippen molar-refractivity contribution < 1.29 is 28.7 Å². The Bertz CT molecular complexity index is 1140. The average Bonchev–Trinajstić information content (AvgIpc) is 3.16. The van der Waals surface area contributed by atoms with Crippen molar-refractivity contribution in [3.05, 3.63) is 29.8 Å². The number of benzene rings is 1. The van der Waals surface area contributed by atoms with E-state index in [0.29, 0.717) is 19.6 Å². The lowest BCUT2D eigenvalue weighted by Crippen LogP contribution is -2.58. The lowest BCUT2D eigenvalue weighted by molar-refractivity contribution is -0.137. The van der Waals surface area contributed by atoms with Gasteiger partial charge in [0.2, 0.25) is 23.6 Å². The summed E-state index contributed by atoms with van der Waals surface area (Å²) in [7, 11) is 1.99. The molecule has 2 aliphatic heterocycles. The monoisotopic (exact) mass is 586 g/mol. The Morgan fingerprint density at radius 3 is 2.19 bits per heavy atom. The molecule has 0 radical (unpaired) electrons. The molecule has 12 nitrogen and oxygen atoms in total. The number of carbonyl (C=O) groups is 5. The van der Waals surface area contributed by atoms with Crippen LogP contribution in [0.4, 0.5) is 0 Å². The first-order chi connectivity index (χ1) is 19.9. The summed E-state index contributed by atoms with van der Waals surface area (Å²) >= 11 is 0. The standard InChI is InChI=1S/C30H46N6O6/c1-18(2)25-29(40)34-26(19(3)4)28(39)31-20(5)17-42-23-11-8-7-10-21(23)27(38)32-22(16-24(37)33-25)30(41)36-13-9-12-35(6)14-15-36/h7-8,10-11,18-20,22,25-26H,9,12-17H2,1-6H3,(H,31,39)(H,32,38)(H,33,37)(H,34,40)/t20-,22-,25-,26+/m0/s1. The second-order valence-corrected chi connectivity index (χ2v) is 11.9. The lowest BCUT2D eigenvalue weighted by Gasteiger charge is -2.29. The molecular weight excluding hydrogens is 540 g/mol. The van der Waals surface area contributed by atoms with Crippen molar-refractivity contribution in [2.75, 3.05) is 39.8 Å². The van der Waals surface area contributed by atoms with Gasteiger partial charge in [-0.05, 0) is 50.9 Å². The highest BCUT2D eigenvalue weighted by Crippen LogP contribution is 2.19. The molecule has 0 unspecified atom stereocenters. The third kappa shape index (κ3) is 8.91. The molecular formula is C30H46N6O6. The van der Waals surface area contributed by atoms with E-state index in [1.807, 2.05) is 20.9 Å². The maximum atomic E-state index is 13.7. The van der Waals surface area contributed by atoms with Crippen molar-refractivity contribution in [2.24, 2.45) is 11.8 Å². The van der Waals surface area contributed by atoms with E-state index in [-0.39, 0.29) is 48.0 Å². The number of nitrogens with zero attached hydrogens (tertiary/aromatic N) is 2. The van der Waals surface area contributed by atoms with Crippen molar-refractivity contribution in [2.45, 2.75) is 71.6 Å². The molecule has 12 heteroatoms. The van der Waals surface area contributed by atoms with Gasteiger partial charge in [-0.1, -0.05) is 39.8 Å². The molecule has 0 spiro atoms. The van der Waals surface area contributed by atoms with Crippen molar-refractivity contribution in [1.29, 1.82) is 0 Å². The van der Waals surface area contributed by atoms with Gasteiger partial charge in [0.15, 0.2) is 0 Å². The molecule has 4 N–H and O–H groups in total. The van der Waals surface area contributed by atoms with Crippen LogP contribution in [0.25, 0.3) is 0 Å². The molecule has 0 bridgehead atoms. The molecule has 0 saturated carbocycles. The minimum atomic E-state index is -1.16. The van der Waals surface area contributed by atoms with Gasteiger partial charge in [-0.3, -0.25) is 24.0 Å². The Hall–Kier alpha value is -3.67. The summed E-state index contributed by atoms with van der Waals surface area (Å²) in [5.41, 5.74) is 0.200. The van der Waals surface area contributed by atoms with Crippen molar-refractivity contribution >= 4 is 29.5 Å². The van der Waals surface area contributed by atoms with E-state index < -0.39 is 41.9 Å². The van der Waals surface area contributed by atoms with Gasteiger partial charge in [-0.2, -0.15) is 0 Å². The number of hydrogen-bond donors (Lipinski definition) is 4. The molecule has 3 rings (SSSR count). The van der Waals surface area contributed by atoms with Gasteiger partial charge in [-0.25, -0.2) is 0 Å². The maximum Gasteiger partial charge on any atom is 0.255 e. The largest absolute Gasteiger partial charge is 0.491 e. The van der Waals surface area contributed by atoms with Crippen LogP contribution < -0.4 is 26.0 Å². The van der Waals surface area contributed by atoms with Crippen LogP contribution >= 0.6 is 0 Å². The Morgan fingerprint density at radius 2 is 1.50 bits per heavy atom. The summed E-state index contributed by atoms with van der Waals surface area (Å²) in [5, 5.41) is 11.2. The van der Waals surface area contributed by atoms with Gasteiger partial charge in [0.25, 0.3) is 5.91 Å². The smallest absolute Gasteiger partial charge is 0.255 e. The van der Waals surface area contributed by atoms with Crippen molar-refractivity contribution in [3.8, 4) is 5.75 Å². The van der Waals surface area contributed by atoms with Gasteiger partial charge >= 0.3 is 0 Å². The fourth-order valence-corrected chi connectivity index (χ4v) is 5.02. The number of rotatable bonds is 3. The van der Waals surface area contributed by atoms with Gasteiger partial charge in [0.05, 0.1) is 18.0 Å². The molecule has 1 aromatic carbocycles. The van der Waals surface area contributed by atoms with E-state index in [9.17, 15) is 24.0 Å². The summed E-state index contributed by atoms with van der Waals surface area (Å²) in [6, 6.07) is 3.21. The maximum absolute atomic E-state index is 13.7. The number of carbonyl (C=O) groups excluding carboxylic acids is 5. The summed E-state index contributed by atoms with van der Waals surface area (Å²) in [6.07, 6.45) is 0.408. The SMILES string of the molecule is CC(C)[C@@H]1NC(=O)C[C@@H](C(=O)N2CCCN(C)CC2)NC(=O)c2ccccc2OC[C@H](C)NC(=O)[C@@H](C(C)C)NC1=O. The van der Waals surface area contributed by atoms with Crippen molar-refractivity contribution in [1.82, 2.24) is 31.1 Å². The number of amides is 5. The molecule has 5 amide bonds. The van der Waals surface area contributed by atoms with Gasteiger partial charge in [0.1, 0.15) is 30.5 Å². The third-order valence-corrected chi connectivity index (χ3v) is 7.55. The Labute approximate surface area is 248 Å². The number of hydrogen-bond acceptors (Lipinski definition) is 7. The van der Waals surface area contributed by atoms with Crippen LogP contribution in [0, 0.1) is 11.8 Å². The molecule has 2 heterocycles. The molecule has 1 fully saturated rings. The minimum Gasteiger partial charge on any atom is -0.491 e. The fourth-order valence-electron chi connectivity index (χ4n) is 5.02. The van der Waals surface area contributed by atoms with Crippen LogP contribution in [0.2, 0.25) is 0 Å². The van der Waals surface area contributed by atoms with E-state index in [1.165, 1.54) is 0 Å². The average molecular weight is 587 g/mol. The second kappa shape index (κ2) is 15.0. The molecule has 0 aliphatic carbocycles. The Kier molecular flexibility index (Phi) is 11.7. The zero-order valence-electron chi connectivity index (χ0n) is 25.6. The van der Waals surface area contributed by atoms with Crippen LogP contribution in [-0.4, -0.2) is 103 Å². The molecule has 0 aromatic heterocycles. The highest BCUT2D eigenvalue weighted by molar-refractivity contribution is 6.01. The lowest BCUT2D eigenvalue weighted by atomic mass is 9.99. The van der Waals surface area contributed by atoms with E-state index in [2.05, 4.69) is 26.2 Å². The molecule has 42 heavy (non-hydrogen) atoms. The summed E-state index contributed by atoms with van der Waals surface area (Å²) in [5.74, 6) is -2.64. The van der Waals surface area contributed by atoms with Crippen LogP contribution in [0.15, 0.2) is 24.3 Å². The summed E-state index contributed by atoms with van der Waals surface area (Å²) in [6.45, 7) is 11.5. The topological polar surface area (TPSA) is 149 Å². The molecule has 1 saturated heterocycles. The van der Waals surface area contributed by atoms with Crippen LogP contribution in [0.1, 0.15) is 57.8 Å². The van der Waals surface area contributed by atoms with Crippen LogP contribution in [-0.2, 0) is 19.2 Å². The number of nitrogens with one attached hydrogen (secondary N) is 4. The zero-order chi connectivity index (χ0) is 31.0. The van der Waals surface area contributed by atoms with Gasteiger partial charge < -0.3 is 35.8 Å². The predicted octanol–water partition coefficient (Wildman–Crippen LogP) is 0.518. The highest BCUT2D eigenvalue weighted by Gasteiger charge is 2.34. The zero-order valence-corrected chi connectivity index (χ0v) is 25.6. The highest BCUT2D eigenvalue weighted by atomic mass is 16.5. The molecule has 4 atom stereocenters. The third-order valence-electron chi connectivity index (χ3n) is 7.55. The summed E-state index contributed by atoms with van der Waals surface area (Å²) in [4.78, 5) is 70.9. The number of ether oxygens (including phenoxy) is 1. The van der Waals surface area contributed by atoms with Crippen LogP contribution in [0.5, 0.6) is 5.75 Å². The first kappa shape index (κ1) is 32.8. The molecule has 1 aromatic rings. The minimum absolute atomic E-state index is 0.0626. The Balaban J connectivity index is 1.97. The quantitative estimate of drug-likeness (QED) is 0.403. The summed E-state index contributed by atoms with van der Waals surface area (Å²) < 4.78 is 5.93. The van der Waals surface area contributed by atoms with E-state index in [4.69, 9.17) is 4.74 Å². The first-order valence-electron chi connectivity index (χ1n) is 14.8. The molecule has 2 aliphatic rings. The van der Waals surface area contributed by atoms with Crippen molar-refractivity contribution in [3.63, 3.8) is 0 Å². The fraction of sp³-hybridized carbons (Fsp3) is 0.633. The van der Waals surface area contributed by atoms with Gasteiger partial charge in [-0.15, -0.1) is 0 Å². The van der Waals surface area contributed by atoms with E-state index >= 15 is 0 Å².